The second-order valence-electron chi connectivity index (χ2n) is 7.02. The summed E-state index contributed by atoms with van der Waals surface area (Å²) in [5.74, 6) is -0.0246. The van der Waals surface area contributed by atoms with Gasteiger partial charge in [-0.05, 0) is 46.2 Å². The second-order valence-corrected chi connectivity index (χ2v) is 7.02. The minimum atomic E-state index is -0.208. The van der Waals surface area contributed by atoms with E-state index in [2.05, 4.69) is 48.6 Å². The van der Waals surface area contributed by atoms with Crippen molar-refractivity contribution in [3.05, 3.63) is 53.3 Å². The molecule has 0 spiro atoms. The van der Waals surface area contributed by atoms with Crippen LogP contribution in [0.3, 0.4) is 0 Å². The number of hydrogen-bond donors (Lipinski definition) is 2. The standard InChI is InChI=1S/C19H28N4O/c1-14-11-15(2)23(22-14)12-18(24)20-13-19(4,5)21-16(3)17-9-7-6-8-10-17/h6-11,16,21H,12-13H2,1-5H3,(H,20,24)/t16-/m0/s1. The Morgan fingerprint density at radius 1 is 1.25 bits per heavy atom. The molecule has 1 aromatic carbocycles. The Morgan fingerprint density at radius 2 is 1.92 bits per heavy atom. The van der Waals surface area contributed by atoms with Gasteiger partial charge in [0, 0.05) is 23.8 Å². The summed E-state index contributed by atoms with van der Waals surface area (Å²) in [5, 5.41) is 10.9. The molecule has 0 saturated heterocycles. The van der Waals surface area contributed by atoms with E-state index in [0.717, 1.165) is 11.4 Å². The summed E-state index contributed by atoms with van der Waals surface area (Å²) < 4.78 is 1.73. The summed E-state index contributed by atoms with van der Waals surface area (Å²) in [4.78, 5) is 12.2. The molecule has 1 amide bonds. The van der Waals surface area contributed by atoms with Crippen molar-refractivity contribution in [1.82, 2.24) is 20.4 Å². The molecule has 5 nitrogen and oxygen atoms in total. The topological polar surface area (TPSA) is 59.0 Å². The van der Waals surface area contributed by atoms with Crippen LogP contribution in [-0.2, 0) is 11.3 Å². The van der Waals surface area contributed by atoms with Crippen LogP contribution in [-0.4, -0.2) is 27.8 Å². The predicted octanol–water partition coefficient (Wildman–Crippen LogP) is 2.75. The Bertz CT molecular complexity index is 676. The zero-order valence-corrected chi connectivity index (χ0v) is 15.3. The largest absolute Gasteiger partial charge is 0.353 e. The zero-order chi connectivity index (χ0) is 17.7. The summed E-state index contributed by atoms with van der Waals surface area (Å²) in [7, 11) is 0. The number of carbonyl (C=O) groups excluding carboxylic acids is 1. The van der Waals surface area contributed by atoms with E-state index in [1.165, 1.54) is 5.56 Å². The third-order valence-electron chi connectivity index (χ3n) is 4.03. The lowest BCUT2D eigenvalue weighted by atomic mass is 10.0. The molecule has 0 aliphatic rings. The third kappa shape index (κ3) is 5.20. The monoisotopic (exact) mass is 328 g/mol. The van der Waals surface area contributed by atoms with Crippen LogP contribution in [0.15, 0.2) is 36.4 Å². The number of aryl methyl sites for hydroxylation is 2. The van der Waals surface area contributed by atoms with E-state index in [9.17, 15) is 4.79 Å². The molecule has 0 aliphatic carbocycles. The van der Waals surface area contributed by atoms with Gasteiger partial charge < -0.3 is 10.6 Å². The van der Waals surface area contributed by atoms with E-state index in [1.807, 2.05) is 38.1 Å². The molecule has 2 rings (SSSR count). The first-order valence-electron chi connectivity index (χ1n) is 8.37. The smallest absolute Gasteiger partial charge is 0.241 e. The van der Waals surface area contributed by atoms with Crippen LogP contribution >= 0.6 is 0 Å². The number of aromatic nitrogens is 2. The molecule has 130 valence electrons. The van der Waals surface area contributed by atoms with Crippen LogP contribution in [0.1, 0.15) is 43.8 Å². The van der Waals surface area contributed by atoms with Crippen LogP contribution in [0.5, 0.6) is 0 Å². The van der Waals surface area contributed by atoms with Crippen LogP contribution in [0.25, 0.3) is 0 Å². The summed E-state index contributed by atoms with van der Waals surface area (Å²) in [6.07, 6.45) is 0. The van der Waals surface area contributed by atoms with Crippen LogP contribution in [0, 0.1) is 13.8 Å². The van der Waals surface area contributed by atoms with Gasteiger partial charge in [0.25, 0.3) is 0 Å². The normalized spacial score (nSPS) is 12.9. The highest BCUT2D eigenvalue weighted by Gasteiger charge is 2.21. The van der Waals surface area contributed by atoms with Crippen molar-refractivity contribution in [1.29, 1.82) is 0 Å². The summed E-state index contributed by atoms with van der Waals surface area (Å²) in [5.41, 5.74) is 2.95. The molecule has 0 fully saturated rings. The van der Waals surface area contributed by atoms with Gasteiger partial charge in [0.15, 0.2) is 0 Å². The summed E-state index contributed by atoms with van der Waals surface area (Å²) in [6, 6.07) is 12.5. The molecule has 0 aliphatic heterocycles. The van der Waals surface area contributed by atoms with Gasteiger partial charge in [-0.25, -0.2) is 0 Å². The molecule has 2 aromatic rings. The molecule has 24 heavy (non-hydrogen) atoms. The number of carbonyl (C=O) groups is 1. The molecular weight excluding hydrogens is 300 g/mol. The van der Waals surface area contributed by atoms with Gasteiger partial charge in [-0.15, -0.1) is 0 Å². The number of amides is 1. The Kier molecular flexibility index (Phi) is 5.78. The molecule has 5 heteroatoms. The highest BCUT2D eigenvalue weighted by atomic mass is 16.2. The van der Waals surface area contributed by atoms with Crippen molar-refractivity contribution in [2.75, 3.05) is 6.54 Å². The van der Waals surface area contributed by atoms with E-state index >= 15 is 0 Å². The van der Waals surface area contributed by atoms with Gasteiger partial charge in [0.1, 0.15) is 6.54 Å². The molecular formula is C19H28N4O. The van der Waals surface area contributed by atoms with Crippen molar-refractivity contribution < 1.29 is 4.79 Å². The lowest BCUT2D eigenvalue weighted by Crippen LogP contribution is -2.50. The van der Waals surface area contributed by atoms with E-state index in [0.29, 0.717) is 6.54 Å². The maximum atomic E-state index is 12.2. The Balaban J connectivity index is 1.85. The Labute approximate surface area is 144 Å². The minimum Gasteiger partial charge on any atom is -0.353 e. The number of nitrogens with one attached hydrogen (secondary N) is 2. The van der Waals surface area contributed by atoms with Crippen molar-refractivity contribution in [2.45, 2.75) is 52.7 Å². The summed E-state index contributed by atoms with van der Waals surface area (Å²) in [6.45, 7) is 11.0. The number of nitrogens with zero attached hydrogens (tertiary/aromatic N) is 2. The first-order chi connectivity index (χ1) is 11.3. The van der Waals surface area contributed by atoms with Gasteiger partial charge >= 0.3 is 0 Å². The Morgan fingerprint density at radius 3 is 2.50 bits per heavy atom. The fraction of sp³-hybridized carbons (Fsp3) is 0.474. The van der Waals surface area contributed by atoms with Gasteiger partial charge in [0.2, 0.25) is 5.91 Å². The van der Waals surface area contributed by atoms with Crippen LogP contribution in [0.2, 0.25) is 0 Å². The average molecular weight is 328 g/mol. The first kappa shape index (κ1) is 18.2. The zero-order valence-electron chi connectivity index (χ0n) is 15.3. The van der Waals surface area contributed by atoms with E-state index in [1.54, 1.807) is 4.68 Å². The van der Waals surface area contributed by atoms with E-state index < -0.39 is 0 Å². The average Bonchev–Trinajstić information content (AvgIpc) is 2.83. The van der Waals surface area contributed by atoms with E-state index in [4.69, 9.17) is 0 Å². The van der Waals surface area contributed by atoms with Crippen molar-refractivity contribution in [2.24, 2.45) is 0 Å². The van der Waals surface area contributed by atoms with Crippen molar-refractivity contribution >= 4 is 5.91 Å². The van der Waals surface area contributed by atoms with Gasteiger partial charge in [-0.3, -0.25) is 9.48 Å². The molecule has 0 bridgehead atoms. The molecule has 1 aromatic heterocycles. The SMILES string of the molecule is Cc1cc(C)n(CC(=O)NCC(C)(C)N[C@@H](C)c2ccccc2)n1. The molecule has 0 saturated carbocycles. The number of rotatable bonds is 7. The highest BCUT2D eigenvalue weighted by Crippen LogP contribution is 2.15. The molecule has 1 atom stereocenters. The Hall–Kier alpha value is -2.14. The van der Waals surface area contributed by atoms with Crippen molar-refractivity contribution in [3.63, 3.8) is 0 Å². The molecule has 0 radical (unpaired) electrons. The van der Waals surface area contributed by atoms with Crippen LogP contribution in [0.4, 0.5) is 0 Å². The lowest BCUT2D eigenvalue weighted by molar-refractivity contribution is -0.122. The lowest BCUT2D eigenvalue weighted by Gasteiger charge is -2.31. The predicted molar refractivity (Wildman–Crippen MR) is 96.8 cm³/mol. The maximum Gasteiger partial charge on any atom is 0.241 e. The highest BCUT2D eigenvalue weighted by molar-refractivity contribution is 5.75. The summed E-state index contributed by atoms with van der Waals surface area (Å²) >= 11 is 0. The maximum absolute atomic E-state index is 12.2. The first-order valence-corrected chi connectivity index (χ1v) is 8.37. The number of benzene rings is 1. The van der Waals surface area contributed by atoms with Crippen LogP contribution < -0.4 is 10.6 Å². The third-order valence-corrected chi connectivity index (χ3v) is 4.03. The van der Waals surface area contributed by atoms with Gasteiger partial charge in [-0.2, -0.15) is 5.10 Å². The molecule has 0 unspecified atom stereocenters. The molecule has 2 N–H and O–H groups in total. The molecule has 1 heterocycles. The van der Waals surface area contributed by atoms with Gasteiger partial charge in [0.05, 0.1) is 5.69 Å². The number of hydrogen-bond acceptors (Lipinski definition) is 3. The second kappa shape index (κ2) is 7.62. The minimum absolute atomic E-state index is 0.0246. The fourth-order valence-electron chi connectivity index (χ4n) is 2.81. The fourth-order valence-corrected chi connectivity index (χ4v) is 2.81. The van der Waals surface area contributed by atoms with Gasteiger partial charge in [-0.1, -0.05) is 30.3 Å². The van der Waals surface area contributed by atoms with Crippen molar-refractivity contribution in [3.8, 4) is 0 Å². The quantitative estimate of drug-likeness (QED) is 0.821. The van der Waals surface area contributed by atoms with E-state index in [-0.39, 0.29) is 24.0 Å².